The lowest BCUT2D eigenvalue weighted by molar-refractivity contribution is -0.123. The van der Waals surface area contributed by atoms with Gasteiger partial charge >= 0.3 is 0 Å². The van der Waals surface area contributed by atoms with Gasteiger partial charge in [0.1, 0.15) is 6.04 Å². The molecule has 0 aromatic carbocycles. The van der Waals surface area contributed by atoms with Crippen molar-refractivity contribution in [3.8, 4) is 0 Å². The molecule has 0 unspecified atom stereocenters. The van der Waals surface area contributed by atoms with Gasteiger partial charge in [0.25, 0.3) is 0 Å². The van der Waals surface area contributed by atoms with Gasteiger partial charge in [0, 0.05) is 12.7 Å². The van der Waals surface area contributed by atoms with E-state index in [0.717, 1.165) is 11.4 Å². The van der Waals surface area contributed by atoms with Crippen LogP contribution < -0.4 is 10.6 Å². The maximum atomic E-state index is 12.0. The molecule has 5 nitrogen and oxygen atoms in total. The van der Waals surface area contributed by atoms with Gasteiger partial charge in [0.15, 0.2) is 0 Å². The van der Waals surface area contributed by atoms with E-state index in [1.165, 1.54) is 0 Å². The van der Waals surface area contributed by atoms with Crippen molar-refractivity contribution in [1.29, 1.82) is 0 Å². The molecule has 1 fully saturated rings. The van der Waals surface area contributed by atoms with Gasteiger partial charge in [-0.25, -0.2) is 0 Å². The summed E-state index contributed by atoms with van der Waals surface area (Å²) in [7, 11) is 0. The second-order valence-electron chi connectivity index (χ2n) is 4.13. The van der Waals surface area contributed by atoms with Crippen molar-refractivity contribution in [1.82, 2.24) is 10.3 Å². The van der Waals surface area contributed by atoms with Crippen LogP contribution in [0.15, 0.2) is 18.3 Å². The number of carbonyl (C=O) groups is 1. The topological polar surface area (TPSA) is 63.2 Å². The Morgan fingerprint density at radius 1 is 1.53 bits per heavy atom. The van der Waals surface area contributed by atoms with Crippen LogP contribution in [0.1, 0.15) is 12.6 Å². The van der Waals surface area contributed by atoms with Crippen molar-refractivity contribution in [2.75, 3.05) is 18.5 Å². The van der Waals surface area contributed by atoms with Gasteiger partial charge < -0.3 is 15.4 Å². The second-order valence-corrected chi connectivity index (χ2v) is 4.13. The Morgan fingerprint density at radius 2 is 2.26 bits per heavy atom. The molecule has 2 rings (SSSR count). The first kappa shape index (κ1) is 18.1. The van der Waals surface area contributed by atoms with Crippen LogP contribution in [0.4, 0.5) is 5.69 Å². The SMILES string of the molecule is Cc1ncccc1NC(=O)[C@H]1NCCO[C@@H]1C.Cl.Cl. The number of aromatic nitrogens is 1. The van der Waals surface area contributed by atoms with Crippen molar-refractivity contribution < 1.29 is 9.53 Å². The predicted molar refractivity (Wildman–Crippen MR) is 79.3 cm³/mol. The minimum absolute atomic E-state index is 0. The molecule has 1 amide bonds. The Bertz CT molecular complexity index is 418. The molecule has 19 heavy (non-hydrogen) atoms. The molecule has 108 valence electrons. The summed E-state index contributed by atoms with van der Waals surface area (Å²) in [5.74, 6) is -0.0756. The van der Waals surface area contributed by atoms with Gasteiger partial charge in [0.2, 0.25) is 5.91 Å². The number of morpholine rings is 1. The molecule has 1 aliphatic heterocycles. The number of rotatable bonds is 2. The summed E-state index contributed by atoms with van der Waals surface area (Å²) in [5.41, 5.74) is 1.56. The normalized spacial score (nSPS) is 21.8. The molecule has 0 bridgehead atoms. The van der Waals surface area contributed by atoms with Gasteiger partial charge in [0.05, 0.1) is 24.1 Å². The Morgan fingerprint density at radius 3 is 2.89 bits per heavy atom. The minimum Gasteiger partial charge on any atom is -0.375 e. The van der Waals surface area contributed by atoms with Crippen molar-refractivity contribution >= 4 is 36.4 Å². The fourth-order valence-electron chi connectivity index (χ4n) is 1.85. The number of ether oxygens (including phenoxy) is 1. The summed E-state index contributed by atoms with van der Waals surface area (Å²) < 4.78 is 5.44. The first-order valence-corrected chi connectivity index (χ1v) is 5.76. The third kappa shape index (κ3) is 4.62. The standard InChI is InChI=1S/C12H17N3O2.2ClH/c1-8-10(4-3-5-13-8)15-12(16)11-9(2)17-7-6-14-11;;/h3-5,9,11,14H,6-7H2,1-2H3,(H,15,16);2*1H/t9-,11+;;/m1../s1. The van der Waals surface area contributed by atoms with E-state index in [4.69, 9.17) is 4.74 Å². The Hall–Kier alpha value is -0.880. The zero-order valence-corrected chi connectivity index (χ0v) is 12.5. The average Bonchev–Trinajstić information content (AvgIpc) is 2.32. The monoisotopic (exact) mass is 307 g/mol. The van der Waals surface area contributed by atoms with Crippen molar-refractivity contribution in [2.45, 2.75) is 26.0 Å². The highest BCUT2D eigenvalue weighted by molar-refractivity contribution is 5.95. The smallest absolute Gasteiger partial charge is 0.244 e. The Labute approximate surface area is 125 Å². The quantitative estimate of drug-likeness (QED) is 0.870. The lowest BCUT2D eigenvalue weighted by Gasteiger charge is -2.29. The van der Waals surface area contributed by atoms with E-state index in [9.17, 15) is 4.79 Å². The number of aryl methyl sites for hydroxylation is 1. The molecule has 1 aromatic rings. The molecule has 1 aliphatic rings. The predicted octanol–water partition coefficient (Wildman–Crippen LogP) is 1.55. The van der Waals surface area contributed by atoms with E-state index < -0.39 is 0 Å². The van der Waals surface area contributed by atoms with Gasteiger partial charge in [-0.15, -0.1) is 24.8 Å². The molecule has 1 saturated heterocycles. The van der Waals surface area contributed by atoms with Crippen LogP contribution >= 0.6 is 24.8 Å². The molecule has 2 atom stereocenters. The van der Waals surface area contributed by atoms with Crippen LogP contribution in [0.2, 0.25) is 0 Å². The number of amides is 1. The van der Waals surface area contributed by atoms with Gasteiger partial charge in [-0.2, -0.15) is 0 Å². The molecule has 0 spiro atoms. The summed E-state index contributed by atoms with van der Waals surface area (Å²) in [6.45, 7) is 5.11. The first-order valence-electron chi connectivity index (χ1n) is 5.76. The zero-order chi connectivity index (χ0) is 12.3. The van der Waals surface area contributed by atoms with Crippen molar-refractivity contribution in [3.63, 3.8) is 0 Å². The zero-order valence-electron chi connectivity index (χ0n) is 10.9. The number of nitrogens with zero attached hydrogens (tertiary/aromatic N) is 1. The van der Waals surface area contributed by atoms with Gasteiger partial charge in [-0.05, 0) is 26.0 Å². The van der Waals surface area contributed by atoms with E-state index in [1.807, 2.05) is 19.9 Å². The fraction of sp³-hybridized carbons (Fsp3) is 0.500. The van der Waals surface area contributed by atoms with Crippen molar-refractivity contribution in [3.05, 3.63) is 24.0 Å². The maximum absolute atomic E-state index is 12.0. The number of nitrogens with one attached hydrogen (secondary N) is 2. The number of halogens is 2. The van der Waals surface area contributed by atoms with E-state index in [1.54, 1.807) is 12.3 Å². The van der Waals surface area contributed by atoms with Crippen LogP contribution in [0.25, 0.3) is 0 Å². The minimum atomic E-state index is -0.302. The Balaban J connectivity index is 0.00000162. The highest BCUT2D eigenvalue weighted by atomic mass is 35.5. The fourth-order valence-corrected chi connectivity index (χ4v) is 1.85. The van der Waals surface area contributed by atoms with Crippen LogP contribution in [-0.4, -0.2) is 36.2 Å². The lowest BCUT2D eigenvalue weighted by Crippen LogP contribution is -2.53. The molecule has 2 N–H and O–H groups in total. The van der Waals surface area contributed by atoms with E-state index in [0.29, 0.717) is 13.2 Å². The van der Waals surface area contributed by atoms with E-state index in [-0.39, 0.29) is 42.9 Å². The molecule has 1 aromatic heterocycles. The van der Waals surface area contributed by atoms with Crippen LogP contribution in [0, 0.1) is 6.92 Å². The van der Waals surface area contributed by atoms with Gasteiger partial charge in [-0.1, -0.05) is 0 Å². The van der Waals surface area contributed by atoms with Crippen molar-refractivity contribution in [2.24, 2.45) is 0 Å². The molecule has 0 aliphatic carbocycles. The molecule has 0 saturated carbocycles. The summed E-state index contributed by atoms with van der Waals surface area (Å²) >= 11 is 0. The number of carbonyl (C=O) groups excluding carboxylic acids is 1. The van der Waals surface area contributed by atoms with Crippen LogP contribution in [-0.2, 0) is 9.53 Å². The summed E-state index contributed by atoms with van der Waals surface area (Å²) in [6.07, 6.45) is 1.59. The number of anilines is 1. The number of hydrogen-bond acceptors (Lipinski definition) is 4. The van der Waals surface area contributed by atoms with E-state index >= 15 is 0 Å². The van der Waals surface area contributed by atoms with Crippen LogP contribution in [0.5, 0.6) is 0 Å². The highest BCUT2D eigenvalue weighted by Gasteiger charge is 2.28. The largest absolute Gasteiger partial charge is 0.375 e. The number of pyridine rings is 1. The van der Waals surface area contributed by atoms with Gasteiger partial charge in [-0.3, -0.25) is 9.78 Å². The third-order valence-electron chi connectivity index (χ3n) is 2.86. The summed E-state index contributed by atoms with van der Waals surface area (Å²) in [6, 6.07) is 3.34. The first-order chi connectivity index (χ1) is 8.18. The third-order valence-corrected chi connectivity index (χ3v) is 2.86. The molecule has 0 radical (unpaired) electrons. The summed E-state index contributed by atoms with van der Waals surface area (Å²) in [4.78, 5) is 16.2. The van der Waals surface area contributed by atoms with E-state index in [2.05, 4.69) is 15.6 Å². The number of hydrogen-bond donors (Lipinski definition) is 2. The molecule has 7 heteroatoms. The highest BCUT2D eigenvalue weighted by Crippen LogP contribution is 2.12. The molecular weight excluding hydrogens is 289 g/mol. The second kappa shape index (κ2) is 8.32. The maximum Gasteiger partial charge on any atom is 0.244 e. The summed E-state index contributed by atoms with van der Waals surface area (Å²) in [5, 5.41) is 6.02. The van der Waals surface area contributed by atoms with Crippen LogP contribution in [0.3, 0.4) is 0 Å². The average molecular weight is 308 g/mol. The molecule has 2 heterocycles. The molecular formula is C12H19Cl2N3O2. The lowest BCUT2D eigenvalue weighted by atomic mass is 10.1. The Kier molecular flexibility index (Phi) is 7.94.